The van der Waals surface area contributed by atoms with Gasteiger partial charge >= 0.3 is 0 Å². The third-order valence-electron chi connectivity index (χ3n) is 6.94. The van der Waals surface area contributed by atoms with E-state index in [0.29, 0.717) is 49.7 Å². The van der Waals surface area contributed by atoms with Crippen LogP contribution >= 0.6 is 11.3 Å². The van der Waals surface area contributed by atoms with E-state index in [0.717, 1.165) is 41.1 Å². The van der Waals surface area contributed by atoms with Gasteiger partial charge in [-0.25, -0.2) is 4.98 Å². The number of rotatable bonds is 6. The van der Waals surface area contributed by atoms with Crippen LogP contribution in [0.4, 0.5) is 10.8 Å². The van der Waals surface area contributed by atoms with E-state index in [1.165, 1.54) is 11.3 Å². The van der Waals surface area contributed by atoms with Crippen molar-refractivity contribution in [3.05, 3.63) is 76.3 Å². The number of nitrogens with zero attached hydrogens (tertiary/aromatic N) is 4. The predicted molar refractivity (Wildman–Crippen MR) is 141 cm³/mol. The van der Waals surface area contributed by atoms with Crippen LogP contribution in [-0.4, -0.2) is 47.9 Å². The normalized spacial score (nSPS) is 17.2. The molecule has 0 radical (unpaired) electrons. The third-order valence-corrected chi connectivity index (χ3v) is 7.99. The van der Waals surface area contributed by atoms with Crippen molar-refractivity contribution >= 4 is 34.0 Å². The molecule has 3 aromatic rings. The largest absolute Gasteiger partial charge is 0.367 e. The zero-order valence-corrected chi connectivity index (χ0v) is 21.0. The highest BCUT2D eigenvalue weighted by molar-refractivity contribution is 7.15. The van der Waals surface area contributed by atoms with Crippen molar-refractivity contribution in [3.63, 3.8) is 0 Å². The molecule has 1 unspecified atom stereocenters. The summed E-state index contributed by atoms with van der Waals surface area (Å²) in [7, 11) is 0. The minimum Gasteiger partial charge on any atom is -0.367 e. The monoisotopic (exact) mass is 499 g/mol. The smallest absolute Gasteiger partial charge is 0.231 e. The highest BCUT2D eigenvalue weighted by Gasteiger charge is 2.34. The molecule has 184 valence electrons. The number of hydrogen-bond acceptors (Lipinski definition) is 6. The number of fused-ring (bicyclic) bond motifs is 1. The van der Waals surface area contributed by atoms with Crippen molar-refractivity contribution in [1.29, 1.82) is 5.26 Å². The molecule has 1 aliphatic carbocycles. The number of nitriles is 1. The number of amides is 2. The second kappa shape index (κ2) is 10.9. The number of carbonyl (C=O) groups excluding carboxylic acids is 2. The lowest BCUT2D eigenvalue weighted by molar-refractivity contribution is -0.133. The Balaban J connectivity index is 1.20. The Bertz CT molecular complexity index is 1270. The number of aryl methyl sites for hydroxylation is 2. The minimum atomic E-state index is -0.252. The Morgan fingerprint density at radius 3 is 2.58 bits per heavy atom. The first-order valence-electron chi connectivity index (χ1n) is 12.5. The summed E-state index contributed by atoms with van der Waals surface area (Å²) >= 11 is 1.50. The first-order chi connectivity index (χ1) is 17.6. The van der Waals surface area contributed by atoms with Gasteiger partial charge in [0.15, 0.2) is 5.13 Å². The molecule has 36 heavy (non-hydrogen) atoms. The fourth-order valence-corrected chi connectivity index (χ4v) is 6.11. The Kier molecular flexibility index (Phi) is 7.28. The number of piperazine rings is 1. The number of para-hydroxylation sites is 1. The Hall–Kier alpha value is -3.70. The molecule has 1 fully saturated rings. The molecule has 5 rings (SSSR count). The summed E-state index contributed by atoms with van der Waals surface area (Å²) in [5.74, 6) is -0.184. The summed E-state index contributed by atoms with van der Waals surface area (Å²) in [6.45, 7) is 2.64. The highest BCUT2D eigenvalue weighted by Crippen LogP contribution is 2.38. The van der Waals surface area contributed by atoms with Crippen molar-refractivity contribution < 1.29 is 9.59 Å². The molecule has 1 aromatic heterocycles. The topological polar surface area (TPSA) is 89.3 Å². The molecule has 2 amide bonds. The zero-order chi connectivity index (χ0) is 24.9. The Morgan fingerprint density at radius 2 is 1.81 bits per heavy atom. The van der Waals surface area contributed by atoms with Gasteiger partial charge in [-0.2, -0.15) is 5.26 Å². The number of hydrogen-bond donors (Lipinski definition) is 1. The Labute approximate surface area is 215 Å². The van der Waals surface area contributed by atoms with Crippen LogP contribution < -0.4 is 10.2 Å². The van der Waals surface area contributed by atoms with E-state index in [-0.39, 0.29) is 17.7 Å². The fourth-order valence-electron chi connectivity index (χ4n) is 5.03. The molecule has 2 aliphatic rings. The maximum absolute atomic E-state index is 13.5. The maximum atomic E-state index is 13.5. The van der Waals surface area contributed by atoms with Gasteiger partial charge in [-0.3, -0.25) is 9.59 Å². The molecular formula is C28H29N5O2S. The number of carbonyl (C=O) groups is 2. The van der Waals surface area contributed by atoms with E-state index in [9.17, 15) is 14.9 Å². The molecule has 0 bridgehead atoms. The molecule has 0 saturated carbocycles. The van der Waals surface area contributed by atoms with Crippen molar-refractivity contribution in [3.8, 4) is 6.07 Å². The van der Waals surface area contributed by atoms with Crippen LogP contribution in [0, 0.1) is 11.3 Å². The van der Waals surface area contributed by atoms with E-state index in [4.69, 9.17) is 4.98 Å². The van der Waals surface area contributed by atoms with E-state index < -0.39 is 0 Å². The lowest BCUT2D eigenvalue weighted by Crippen LogP contribution is -2.50. The number of benzene rings is 2. The predicted octanol–water partition coefficient (Wildman–Crippen LogP) is 4.35. The van der Waals surface area contributed by atoms with Crippen LogP contribution in [0.3, 0.4) is 0 Å². The van der Waals surface area contributed by atoms with Gasteiger partial charge in [0.2, 0.25) is 11.8 Å². The molecule has 1 N–H and O–H groups in total. The van der Waals surface area contributed by atoms with Gasteiger partial charge in [-0.15, -0.1) is 11.3 Å². The summed E-state index contributed by atoms with van der Waals surface area (Å²) in [4.78, 5) is 36.0. The van der Waals surface area contributed by atoms with E-state index in [2.05, 4.69) is 16.3 Å². The number of thiazole rings is 1. The van der Waals surface area contributed by atoms with Crippen LogP contribution in [0.1, 0.15) is 46.9 Å². The lowest BCUT2D eigenvalue weighted by atomic mass is 9.89. The van der Waals surface area contributed by atoms with Gasteiger partial charge < -0.3 is 15.1 Å². The molecule has 0 spiro atoms. The molecule has 7 nitrogen and oxygen atoms in total. The van der Waals surface area contributed by atoms with Crippen LogP contribution in [0.15, 0.2) is 54.6 Å². The van der Waals surface area contributed by atoms with Crippen LogP contribution in [0.25, 0.3) is 0 Å². The first kappa shape index (κ1) is 24.0. The molecule has 2 heterocycles. The van der Waals surface area contributed by atoms with Gasteiger partial charge in [-0.1, -0.05) is 42.5 Å². The maximum Gasteiger partial charge on any atom is 0.231 e. The SMILES string of the molecule is N#Cc1ccccc1N1CCN(C(=O)C2CCCc3sc(NC(=O)CCc4ccccc4)nc32)CC1. The summed E-state index contributed by atoms with van der Waals surface area (Å²) in [5.41, 5.74) is 3.56. The molecular weight excluding hydrogens is 470 g/mol. The summed E-state index contributed by atoms with van der Waals surface area (Å²) in [5, 5.41) is 13.0. The summed E-state index contributed by atoms with van der Waals surface area (Å²) in [6.07, 6.45) is 3.71. The number of aromatic nitrogens is 1. The third kappa shape index (κ3) is 5.26. The van der Waals surface area contributed by atoms with Gasteiger partial charge in [0.25, 0.3) is 0 Å². The van der Waals surface area contributed by atoms with Crippen LogP contribution in [0.5, 0.6) is 0 Å². The molecule has 1 aliphatic heterocycles. The number of anilines is 2. The Morgan fingerprint density at radius 1 is 1.06 bits per heavy atom. The highest BCUT2D eigenvalue weighted by atomic mass is 32.1. The van der Waals surface area contributed by atoms with E-state index >= 15 is 0 Å². The van der Waals surface area contributed by atoms with E-state index in [1.54, 1.807) is 0 Å². The standard InChI is InChI=1S/C28H29N5O2S/c29-19-21-9-4-5-11-23(21)32-15-17-33(18-16-32)27(35)22-10-6-12-24-26(22)31-28(36-24)30-25(34)14-13-20-7-2-1-3-8-20/h1-5,7-9,11,22H,6,10,12-18H2,(H,30,31,34). The van der Waals surface area contributed by atoms with Crippen molar-refractivity contribution in [2.24, 2.45) is 0 Å². The van der Waals surface area contributed by atoms with Gasteiger partial charge in [-0.05, 0) is 43.4 Å². The quantitative estimate of drug-likeness (QED) is 0.545. The van der Waals surface area contributed by atoms with Crippen molar-refractivity contribution in [2.45, 2.75) is 38.0 Å². The molecule has 8 heteroatoms. The van der Waals surface area contributed by atoms with Gasteiger partial charge in [0.05, 0.1) is 22.9 Å². The zero-order valence-electron chi connectivity index (χ0n) is 20.2. The van der Waals surface area contributed by atoms with E-state index in [1.807, 2.05) is 59.5 Å². The molecule has 2 aromatic carbocycles. The van der Waals surface area contributed by atoms with Gasteiger partial charge in [0.1, 0.15) is 6.07 Å². The first-order valence-corrected chi connectivity index (χ1v) is 13.3. The lowest BCUT2D eigenvalue weighted by Gasteiger charge is -2.38. The number of nitrogens with one attached hydrogen (secondary N) is 1. The van der Waals surface area contributed by atoms with Crippen LogP contribution in [-0.2, 0) is 22.4 Å². The van der Waals surface area contributed by atoms with Gasteiger partial charge in [0, 0.05) is 37.5 Å². The van der Waals surface area contributed by atoms with Crippen molar-refractivity contribution in [1.82, 2.24) is 9.88 Å². The fraction of sp³-hybridized carbons (Fsp3) is 0.357. The molecule has 1 atom stereocenters. The average Bonchev–Trinajstić information content (AvgIpc) is 3.34. The second-order valence-corrected chi connectivity index (χ2v) is 10.3. The van der Waals surface area contributed by atoms with Crippen LogP contribution in [0.2, 0.25) is 0 Å². The second-order valence-electron chi connectivity index (χ2n) is 9.25. The summed E-state index contributed by atoms with van der Waals surface area (Å²) < 4.78 is 0. The van der Waals surface area contributed by atoms with Crippen molar-refractivity contribution in [2.75, 3.05) is 36.4 Å². The molecule has 1 saturated heterocycles. The minimum absolute atomic E-state index is 0.0541. The average molecular weight is 500 g/mol. The summed E-state index contributed by atoms with van der Waals surface area (Å²) in [6, 6.07) is 19.8.